The molecular formula is C20H27NO2. The second-order valence-electron chi connectivity index (χ2n) is 8.26. The molecule has 1 atom stereocenters. The molecule has 1 N–H and O–H groups in total. The molecule has 3 nitrogen and oxygen atoms in total. The van der Waals surface area contributed by atoms with Gasteiger partial charge in [0, 0.05) is 5.54 Å². The molecule has 1 amide bonds. The number of hydrogen-bond acceptors (Lipinski definition) is 2. The zero-order valence-corrected chi connectivity index (χ0v) is 14.2. The van der Waals surface area contributed by atoms with Crippen LogP contribution in [0, 0.1) is 24.7 Å². The summed E-state index contributed by atoms with van der Waals surface area (Å²) >= 11 is 0. The molecule has 0 spiro atoms. The Morgan fingerprint density at radius 3 is 2.35 bits per heavy atom. The van der Waals surface area contributed by atoms with Gasteiger partial charge in [-0.25, -0.2) is 0 Å². The molecule has 4 aliphatic carbocycles. The van der Waals surface area contributed by atoms with Crippen LogP contribution in [0.15, 0.2) is 24.3 Å². The van der Waals surface area contributed by atoms with E-state index in [0.717, 1.165) is 29.1 Å². The number of hydrogen-bond donors (Lipinski definition) is 1. The van der Waals surface area contributed by atoms with E-state index in [0.29, 0.717) is 0 Å². The van der Waals surface area contributed by atoms with Crippen LogP contribution in [-0.4, -0.2) is 17.6 Å². The van der Waals surface area contributed by atoms with Crippen LogP contribution in [0.1, 0.15) is 51.0 Å². The van der Waals surface area contributed by atoms with Crippen molar-refractivity contribution in [1.29, 1.82) is 0 Å². The van der Waals surface area contributed by atoms with Gasteiger partial charge in [-0.15, -0.1) is 0 Å². The molecule has 0 aliphatic heterocycles. The van der Waals surface area contributed by atoms with Crippen molar-refractivity contribution in [3.63, 3.8) is 0 Å². The maximum absolute atomic E-state index is 12.7. The third-order valence-electron chi connectivity index (χ3n) is 6.10. The molecule has 1 aromatic carbocycles. The Kier molecular flexibility index (Phi) is 3.62. The van der Waals surface area contributed by atoms with E-state index < -0.39 is 6.10 Å². The summed E-state index contributed by atoms with van der Waals surface area (Å²) in [5.41, 5.74) is 1.21. The smallest absolute Gasteiger partial charge is 0.261 e. The first kappa shape index (κ1) is 15.0. The Labute approximate surface area is 138 Å². The number of carbonyl (C=O) groups excluding carboxylic acids is 1. The normalized spacial score (nSPS) is 35.8. The number of benzene rings is 1. The van der Waals surface area contributed by atoms with Crippen LogP contribution in [-0.2, 0) is 4.79 Å². The zero-order chi connectivity index (χ0) is 16.0. The lowest BCUT2D eigenvalue weighted by molar-refractivity contribution is -0.133. The van der Waals surface area contributed by atoms with Gasteiger partial charge in [0.1, 0.15) is 5.75 Å². The third kappa shape index (κ3) is 2.98. The van der Waals surface area contributed by atoms with Crippen molar-refractivity contribution in [2.24, 2.45) is 17.8 Å². The van der Waals surface area contributed by atoms with Crippen molar-refractivity contribution in [3.05, 3.63) is 29.8 Å². The molecule has 1 aromatic rings. The molecule has 4 fully saturated rings. The number of rotatable bonds is 4. The number of nitrogens with one attached hydrogen (secondary N) is 1. The number of carbonyl (C=O) groups is 1. The summed E-state index contributed by atoms with van der Waals surface area (Å²) in [7, 11) is 0. The van der Waals surface area contributed by atoms with Gasteiger partial charge in [0.05, 0.1) is 0 Å². The molecule has 5 rings (SSSR count). The first-order valence-corrected chi connectivity index (χ1v) is 9.07. The minimum Gasteiger partial charge on any atom is -0.481 e. The third-order valence-corrected chi connectivity index (χ3v) is 6.10. The molecule has 0 heterocycles. The second kappa shape index (κ2) is 5.54. The summed E-state index contributed by atoms with van der Waals surface area (Å²) in [6.07, 6.45) is 7.29. The van der Waals surface area contributed by atoms with Crippen LogP contribution in [0.3, 0.4) is 0 Å². The van der Waals surface area contributed by atoms with Gasteiger partial charge in [0.25, 0.3) is 5.91 Å². The monoisotopic (exact) mass is 313 g/mol. The Morgan fingerprint density at radius 1 is 1.17 bits per heavy atom. The van der Waals surface area contributed by atoms with Crippen LogP contribution < -0.4 is 10.1 Å². The molecule has 0 aromatic heterocycles. The Hall–Kier alpha value is -1.51. The number of aryl methyl sites for hydroxylation is 1. The molecule has 4 bridgehead atoms. The first-order chi connectivity index (χ1) is 11.0. The lowest BCUT2D eigenvalue weighted by atomic mass is 9.53. The highest BCUT2D eigenvalue weighted by molar-refractivity contribution is 5.81. The lowest BCUT2D eigenvalue weighted by Gasteiger charge is -2.57. The van der Waals surface area contributed by atoms with Gasteiger partial charge in [-0.2, -0.15) is 0 Å². The highest BCUT2D eigenvalue weighted by atomic mass is 16.5. The van der Waals surface area contributed by atoms with Gasteiger partial charge in [0.2, 0.25) is 0 Å². The molecular weight excluding hydrogens is 286 g/mol. The maximum Gasteiger partial charge on any atom is 0.261 e. The highest BCUT2D eigenvalue weighted by Gasteiger charge is 2.51. The van der Waals surface area contributed by atoms with Gasteiger partial charge >= 0.3 is 0 Å². The Morgan fingerprint density at radius 2 is 1.78 bits per heavy atom. The predicted octanol–water partition coefficient (Wildman–Crippen LogP) is 3.85. The topological polar surface area (TPSA) is 38.3 Å². The van der Waals surface area contributed by atoms with Crippen LogP contribution in [0.4, 0.5) is 0 Å². The van der Waals surface area contributed by atoms with Crippen LogP contribution in [0.2, 0.25) is 0 Å². The van der Waals surface area contributed by atoms with Crippen molar-refractivity contribution >= 4 is 5.91 Å². The van der Waals surface area contributed by atoms with Crippen molar-refractivity contribution < 1.29 is 9.53 Å². The van der Waals surface area contributed by atoms with Crippen molar-refractivity contribution in [2.45, 2.75) is 64.0 Å². The van der Waals surface area contributed by atoms with E-state index in [9.17, 15) is 4.79 Å². The second-order valence-corrected chi connectivity index (χ2v) is 8.26. The average molecular weight is 313 g/mol. The molecule has 3 heteroatoms. The maximum atomic E-state index is 12.7. The van der Waals surface area contributed by atoms with Crippen molar-refractivity contribution in [1.82, 2.24) is 5.32 Å². The number of amides is 1. The van der Waals surface area contributed by atoms with E-state index in [4.69, 9.17) is 4.74 Å². The number of ether oxygens (including phenoxy) is 1. The van der Waals surface area contributed by atoms with E-state index >= 15 is 0 Å². The molecule has 4 aliphatic rings. The van der Waals surface area contributed by atoms with Gasteiger partial charge in [0.15, 0.2) is 6.10 Å². The van der Waals surface area contributed by atoms with Gasteiger partial charge in [-0.1, -0.05) is 12.1 Å². The lowest BCUT2D eigenvalue weighted by Crippen LogP contribution is -2.61. The molecule has 0 saturated heterocycles. The van der Waals surface area contributed by atoms with Gasteiger partial charge in [-0.3, -0.25) is 4.79 Å². The molecule has 4 saturated carbocycles. The van der Waals surface area contributed by atoms with Gasteiger partial charge in [-0.05, 0) is 87.8 Å². The predicted molar refractivity (Wildman–Crippen MR) is 90.3 cm³/mol. The fraction of sp³-hybridized carbons (Fsp3) is 0.650. The van der Waals surface area contributed by atoms with E-state index in [1.165, 1.54) is 38.5 Å². The zero-order valence-electron chi connectivity index (χ0n) is 14.2. The summed E-state index contributed by atoms with van der Waals surface area (Å²) in [6.45, 7) is 3.89. The Bertz CT molecular complexity index is 574. The molecule has 124 valence electrons. The summed E-state index contributed by atoms with van der Waals surface area (Å²) in [5.74, 6) is 3.35. The first-order valence-electron chi connectivity index (χ1n) is 9.07. The van der Waals surface area contributed by atoms with E-state index in [-0.39, 0.29) is 11.4 Å². The van der Waals surface area contributed by atoms with Crippen LogP contribution in [0.25, 0.3) is 0 Å². The minimum atomic E-state index is -0.440. The standard InChI is InChI=1S/C20H27NO2/c1-13-4-3-5-18(6-13)23-14(2)19(22)21-20-10-15-7-16(11-20)9-17(8-15)12-20/h3-6,14-17H,7-12H2,1-2H3,(H,21,22)/t14-,15?,16?,17?,20?/m0/s1. The summed E-state index contributed by atoms with van der Waals surface area (Å²) in [6, 6.07) is 7.90. The molecule has 0 radical (unpaired) electrons. The fourth-order valence-corrected chi connectivity index (χ4v) is 5.57. The fourth-order valence-electron chi connectivity index (χ4n) is 5.57. The van der Waals surface area contributed by atoms with Crippen LogP contribution >= 0.6 is 0 Å². The van der Waals surface area contributed by atoms with Crippen molar-refractivity contribution in [3.8, 4) is 5.75 Å². The summed E-state index contributed by atoms with van der Waals surface area (Å²) < 4.78 is 5.86. The van der Waals surface area contributed by atoms with E-state index in [1.54, 1.807) is 0 Å². The minimum absolute atomic E-state index is 0.0495. The van der Waals surface area contributed by atoms with Crippen LogP contribution in [0.5, 0.6) is 5.75 Å². The average Bonchev–Trinajstić information content (AvgIpc) is 2.45. The molecule has 0 unspecified atom stereocenters. The quantitative estimate of drug-likeness (QED) is 0.917. The van der Waals surface area contributed by atoms with E-state index in [2.05, 4.69) is 5.32 Å². The SMILES string of the molecule is Cc1cccc(O[C@@H](C)C(=O)NC23CC4CC(CC(C4)C2)C3)c1. The summed E-state index contributed by atoms with van der Waals surface area (Å²) in [4.78, 5) is 12.7. The van der Waals surface area contributed by atoms with E-state index in [1.807, 2.05) is 38.1 Å². The summed E-state index contributed by atoms with van der Waals surface area (Å²) in [5, 5.41) is 3.40. The van der Waals surface area contributed by atoms with Crippen molar-refractivity contribution in [2.75, 3.05) is 0 Å². The van der Waals surface area contributed by atoms with Gasteiger partial charge < -0.3 is 10.1 Å². The Balaban J connectivity index is 1.41. The largest absolute Gasteiger partial charge is 0.481 e. The highest BCUT2D eigenvalue weighted by Crippen LogP contribution is 2.55. The molecule has 23 heavy (non-hydrogen) atoms.